The molecule has 2 aliphatic rings. The fourth-order valence-corrected chi connectivity index (χ4v) is 4.99. The molecule has 32 heavy (non-hydrogen) atoms. The highest BCUT2D eigenvalue weighted by Gasteiger charge is 2.26. The standard InChI is InChI=1S/C25H27N3O3S/c1-15-7-8-20(16(2)9-15)27-25(32)28(19-5-3-4-6-19)13-18-10-17-11-22-23(31-14-30-22)12-21(17)26-24(18)29/h7-12,19H,3-6,13-14H2,1-2H3,(H,26,29)(H,27,32). The minimum absolute atomic E-state index is 0.103. The number of hydrogen-bond acceptors (Lipinski definition) is 4. The summed E-state index contributed by atoms with van der Waals surface area (Å²) in [4.78, 5) is 18.1. The number of rotatable bonds is 4. The van der Waals surface area contributed by atoms with E-state index in [1.54, 1.807) is 0 Å². The number of H-pyrrole nitrogens is 1. The van der Waals surface area contributed by atoms with Crippen LogP contribution >= 0.6 is 12.2 Å². The average Bonchev–Trinajstić information content (AvgIpc) is 3.44. The van der Waals surface area contributed by atoms with Gasteiger partial charge in [0.25, 0.3) is 5.56 Å². The lowest BCUT2D eigenvalue weighted by molar-refractivity contribution is 0.174. The van der Waals surface area contributed by atoms with Crippen LogP contribution in [0.5, 0.6) is 11.5 Å². The van der Waals surface area contributed by atoms with Gasteiger partial charge < -0.3 is 24.7 Å². The van der Waals surface area contributed by atoms with E-state index in [1.807, 2.05) is 18.2 Å². The quantitative estimate of drug-likeness (QED) is 0.546. The predicted molar refractivity (Wildman–Crippen MR) is 131 cm³/mol. The van der Waals surface area contributed by atoms with Crippen LogP contribution in [0.1, 0.15) is 42.4 Å². The molecule has 5 rings (SSSR count). The van der Waals surface area contributed by atoms with Gasteiger partial charge in [0, 0.05) is 28.7 Å². The highest BCUT2D eigenvalue weighted by molar-refractivity contribution is 7.80. The Balaban J connectivity index is 1.45. The highest BCUT2D eigenvalue weighted by Crippen LogP contribution is 2.35. The van der Waals surface area contributed by atoms with E-state index in [-0.39, 0.29) is 12.4 Å². The molecule has 6 nitrogen and oxygen atoms in total. The number of pyridine rings is 1. The van der Waals surface area contributed by atoms with E-state index in [4.69, 9.17) is 21.7 Å². The van der Waals surface area contributed by atoms with Gasteiger partial charge in [-0.05, 0) is 62.7 Å². The molecule has 0 saturated heterocycles. The van der Waals surface area contributed by atoms with Crippen molar-refractivity contribution in [2.45, 2.75) is 52.1 Å². The normalized spacial score (nSPS) is 15.3. The molecule has 2 heterocycles. The zero-order valence-corrected chi connectivity index (χ0v) is 19.2. The maximum Gasteiger partial charge on any atom is 0.253 e. The minimum atomic E-state index is -0.103. The first kappa shape index (κ1) is 20.8. The van der Waals surface area contributed by atoms with Crippen molar-refractivity contribution in [2.24, 2.45) is 0 Å². The number of anilines is 1. The smallest absolute Gasteiger partial charge is 0.253 e. The summed E-state index contributed by atoms with van der Waals surface area (Å²) in [6.45, 7) is 4.83. The van der Waals surface area contributed by atoms with Crippen molar-refractivity contribution in [1.29, 1.82) is 0 Å². The summed E-state index contributed by atoms with van der Waals surface area (Å²) < 4.78 is 10.9. The number of nitrogens with zero attached hydrogens (tertiary/aromatic N) is 1. The Morgan fingerprint density at radius 1 is 1.12 bits per heavy atom. The zero-order valence-electron chi connectivity index (χ0n) is 18.4. The molecular weight excluding hydrogens is 422 g/mol. The molecule has 0 bridgehead atoms. The molecule has 1 fully saturated rings. The predicted octanol–water partition coefficient (Wildman–Crippen LogP) is 5.02. The molecule has 0 unspecified atom stereocenters. The lowest BCUT2D eigenvalue weighted by Crippen LogP contribution is -2.42. The summed E-state index contributed by atoms with van der Waals surface area (Å²) in [5.74, 6) is 1.36. The third-order valence-electron chi connectivity index (χ3n) is 6.40. The van der Waals surface area contributed by atoms with E-state index in [0.717, 1.165) is 35.0 Å². The van der Waals surface area contributed by atoms with Gasteiger partial charge >= 0.3 is 0 Å². The molecule has 1 saturated carbocycles. The van der Waals surface area contributed by atoms with Gasteiger partial charge in [0.1, 0.15) is 0 Å². The summed E-state index contributed by atoms with van der Waals surface area (Å²) in [6.07, 6.45) is 4.54. The van der Waals surface area contributed by atoms with Crippen LogP contribution in [-0.4, -0.2) is 27.8 Å². The zero-order chi connectivity index (χ0) is 22.2. The molecule has 0 radical (unpaired) electrons. The first-order chi connectivity index (χ1) is 15.5. The van der Waals surface area contributed by atoms with Gasteiger partial charge in [-0.2, -0.15) is 0 Å². The fraction of sp³-hybridized carbons (Fsp3) is 0.360. The van der Waals surface area contributed by atoms with Crippen LogP contribution < -0.4 is 20.3 Å². The highest BCUT2D eigenvalue weighted by atomic mass is 32.1. The molecule has 3 aromatic rings. The van der Waals surface area contributed by atoms with Crippen LogP contribution in [-0.2, 0) is 6.54 Å². The van der Waals surface area contributed by atoms with E-state index in [1.165, 1.54) is 18.4 Å². The van der Waals surface area contributed by atoms with Gasteiger partial charge in [-0.1, -0.05) is 30.5 Å². The van der Waals surface area contributed by atoms with E-state index in [2.05, 4.69) is 47.2 Å². The van der Waals surface area contributed by atoms with Crippen LogP contribution in [0.15, 0.2) is 41.2 Å². The second kappa shape index (κ2) is 8.47. The van der Waals surface area contributed by atoms with Gasteiger partial charge in [0.2, 0.25) is 6.79 Å². The van der Waals surface area contributed by atoms with E-state index >= 15 is 0 Å². The summed E-state index contributed by atoms with van der Waals surface area (Å²) in [5, 5.41) is 5.01. The third-order valence-corrected chi connectivity index (χ3v) is 6.74. The van der Waals surface area contributed by atoms with Crippen molar-refractivity contribution in [3.05, 3.63) is 63.4 Å². The minimum Gasteiger partial charge on any atom is -0.454 e. The number of fused-ring (bicyclic) bond motifs is 2. The van der Waals surface area contributed by atoms with Crippen LogP contribution in [0.25, 0.3) is 10.9 Å². The van der Waals surface area contributed by atoms with E-state index < -0.39 is 0 Å². The van der Waals surface area contributed by atoms with Gasteiger partial charge in [-0.25, -0.2) is 0 Å². The van der Waals surface area contributed by atoms with Gasteiger partial charge in [-0.3, -0.25) is 4.79 Å². The first-order valence-corrected chi connectivity index (χ1v) is 11.5. The topological polar surface area (TPSA) is 66.6 Å². The summed E-state index contributed by atoms with van der Waals surface area (Å²) in [5.41, 5.74) is 4.70. The summed E-state index contributed by atoms with van der Waals surface area (Å²) in [6, 6.07) is 12.3. The molecule has 166 valence electrons. The Morgan fingerprint density at radius 2 is 1.88 bits per heavy atom. The lowest BCUT2D eigenvalue weighted by Gasteiger charge is -2.32. The number of aromatic nitrogens is 1. The molecule has 1 aliphatic carbocycles. The summed E-state index contributed by atoms with van der Waals surface area (Å²) >= 11 is 5.86. The maximum absolute atomic E-state index is 12.9. The largest absolute Gasteiger partial charge is 0.454 e. The average molecular weight is 450 g/mol. The van der Waals surface area contributed by atoms with Crippen molar-refractivity contribution in [3.63, 3.8) is 0 Å². The number of thiocarbonyl (C=S) groups is 1. The fourth-order valence-electron chi connectivity index (χ4n) is 4.67. The van der Waals surface area contributed by atoms with Gasteiger partial charge in [-0.15, -0.1) is 0 Å². The number of nitrogens with one attached hydrogen (secondary N) is 2. The van der Waals surface area contributed by atoms with Crippen molar-refractivity contribution in [3.8, 4) is 11.5 Å². The molecule has 2 aromatic carbocycles. The Bertz CT molecular complexity index is 1250. The van der Waals surface area contributed by atoms with Crippen molar-refractivity contribution in [2.75, 3.05) is 12.1 Å². The summed E-state index contributed by atoms with van der Waals surface area (Å²) in [7, 11) is 0. The van der Waals surface area contributed by atoms with Crippen LogP contribution in [0.4, 0.5) is 5.69 Å². The van der Waals surface area contributed by atoms with E-state index in [0.29, 0.717) is 34.8 Å². The van der Waals surface area contributed by atoms with Crippen LogP contribution in [0, 0.1) is 13.8 Å². The van der Waals surface area contributed by atoms with Crippen molar-refractivity contribution < 1.29 is 9.47 Å². The Morgan fingerprint density at radius 3 is 2.62 bits per heavy atom. The molecule has 7 heteroatoms. The molecule has 1 aromatic heterocycles. The molecule has 0 amide bonds. The lowest BCUT2D eigenvalue weighted by atomic mass is 10.1. The van der Waals surface area contributed by atoms with Gasteiger partial charge in [0.15, 0.2) is 16.6 Å². The van der Waals surface area contributed by atoms with Crippen LogP contribution in [0.2, 0.25) is 0 Å². The Kier molecular flexibility index (Phi) is 5.51. The van der Waals surface area contributed by atoms with Gasteiger partial charge in [0.05, 0.1) is 12.1 Å². The number of aromatic amines is 1. The molecular formula is C25H27N3O3S. The number of aryl methyl sites for hydroxylation is 2. The first-order valence-electron chi connectivity index (χ1n) is 11.1. The third kappa shape index (κ3) is 4.05. The number of ether oxygens (including phenoxy) is 2. The molecule has 2 N–H and O–H groups in total. The second-order valence-corrected chi connectivity index (χ2v) is 9.12. The molecule has 0 atom stereocenters. The molecule has 0 spiro atoms. The second-order valence-electron chi connectivity index (χ2n) is 8.73. The monoisotopic (exact) mass is 449 g/mol. The number of benzene rings is 2. The Hall–Kier alpha value is -3.06. The van der Waals surface area contributed by atoms with Crippen molar-refractivity contribution >= 4 is 33.9 Å². The van der Waals surface area contributed by atoms with Crippen LogP contribution in [0.3, 0.4) is 0 Å². The number of hydrogen-bond donors (Lipinski definition) is 2. The molecule has 1 aliphatic heterocycles. The Labute approximate surface area is 192 Å². The maximum atomic E-state index is 12.9. The SMILES string of the molecule is Cc1ccc(NC(=S)N(Cc2cc3cc4c(cc3[nH]c2=O)OCO4)C2CCCC2)c(C)c1. The van der Waals surface area contributed by atoms with E-state index in [9.17, 15) is 4.79 Å². The van der Waals surface area contributed by atoms with Crippen molar-refractivity contribution in [1.82, 2.24) is 9.88 Å².